The molecule has 2 aromatic rings. The molecule has 1 aliphatic heterocycles. The molecule has 0 spiro atoms. The van der Waals surface area contributed by atoms with Crippen LogP contribution in [0.4, 0.5) is 18.9 Å². The van der Waals surface area contributed by atoms with Crippen LogP contribution in [0, 0.1) is 23.4 Å². The molecular formula is C20H19F3N2O2. The standard InChI is InChI=1S/C20H19F3N2O2/c1-25-9-7-12(8-10-25)19(26)13-3-2-4-14(11-13)24-20(27)15-5-6-16(21)18(23)17(15)22/h2-6,11-12H,7-10H2,1H3,(H,24,27). The number of Topliss-reactive ketones (excluding diaryl/α,β-unsaturated/α-hetero) is 1. The smallest absolute Gasteiger partial charge is 0.258 e. The maximum atomic E-state index is 13.8. The molecule has 4 nitrogen and oxygen atoms in total. The summed E-state index contributed by atoms with van der Waals surface area (Å²) >= 11 is 0. The van der Waals surface area contributed by atoms with E-state index in [0.29, 0.717) is 11.6 Å². The second-order valence-electron chi connectivity index (χ2n) is 6.70. The fourth-order valence-corrected chi connectivity index (χ4v) is 3.16. The van der Waals surface area contributed by atoms with Gasteiger partial charge in [-0.15, -0.1) is 0 Å². The number of hydrogen-bond acceptors (Lipinski definition) is 3. The number of hydrogen-bond donors (Lipinski definition) is 1. The Morgan fingerprint density at radius 2 is 1.74 bits per heavy atom. The van der Waals surface area contributed by atoms with Crippen LogP contribution in [0.25, 0.3) is 0 Å². The Morgan fingerprint density at radius 3 is 2.44 bits per heavy atom. The van der Waals surface area contributed by atoms with E-state index in [2.05, 4.69) is 10.2 Å². The largest absolute Gasteiger partial charge is 0.322 e. The quantitative estimate of drug-likeness (QED) is 0.651. The number of anilines is 1. The highest BCUT2D eigenvalue weighted by molar-refractivity contribution is 6.05. The number of nitrogens with zero attached hydrogens (tertiary/aromatic N) is 1. The van der Waals surface area contributed by atoms with Gasteiger partial charge in [0, 0.05) is 17.2 Å². The first kappa shape index (κ1) is 19.1. The maximum Gasteiger partial charge on any atom is 0.258 e. The van der Waals surface area contributed by atoms with Crippen molar-refractivity contribution in [3.05, 3.63) is 65.0 Å². The van der Waals surface area contributed by atoms with Gasteiger partial charge in [0.05, 0.1) is 5.56 Å². The molecule has 0 aromatic heterocycles. The summed E-state index contributed by atoms with van der Waals surface area (Å²) in [5.74, 6) is -5.61. The van der Waals surface area contributed by atoms with Crippen LogP contribution in [-0.4, -0.2) is 36.7 Å². The molecule has 2 aromatic carbocycles. The van der Waals surface area contributed by atoms with Crippen LogP contribution in [0.1, 0.15) is 33.6 Å². The van der Waals surface area contributed by atoms with E-state index in [1.165, 1.54) is 6.07 Å². The molecule has 1 amide bonds. The summed E-state index contributed by atoms with van der Waals surface area (Å²) in [4.78, 5) is 27.0. The summed E-state index contributed by atoms with van der Waals surface area (Å²) in [5.41, 5.74) is 0.122. The minimum absolute atomic E-state index is 0.00166. The number of piperidine rings is 1. The molecule has 7 heteroatoms. The highest BCUT2D eigenvalue weighted by Gasteiger charge is 2.25. The molecule has 3 rings (SSSR count). The molecule has 1 saturated heterocycles. The van der Waals surface area contributed by atoms with Gasteiger partial charge in [-0.3, -0.25) is 9.59 Å². The van der Waals surface area contributed by atoms with E-state index < -0.39 is 28.9 Å². The fraction of sp³-hybridized carbons (Fsp3) is 0.300. The highest BCUT2D eigenvalue weighted by atomic mass is 19.2. The minimum atomic E-state index is -1.70. The number of likely N-dealkylation sites (tertiary alicyclic amines) is 1. The van der Waals surface area contributed by atoms with Gasteiger partial charge < -0.3 is 10.2 Å². The molecule has 0 bridgehead atoms. The third kappa shape index (κ3) is 4.19. The Balaban J connectivity index is 1.75. The van der Waals surface area contributed by atoms with Gasteiger partial charge in [0.2, 0.25) is 0 Å². The Kier molecular flexibility index (Phi) is 5.60. The summed E-state index contributed by atoms with van der Waals surface area (Å²) in [7, 11) is 2.01. The average molecular weight is 376 g/mol. The number of benzene rings is 2. The second kappa shape index (κ2) is 7.92. The topological polar surface area (TPSA) is 49.4 Å². The Bertz CT molecular complexity index is 878. The van der Waals surface area contributed by atoms with Crippen molar-refractivity contribution >= 4 is 17.4 Å². The van der Waals surface area contributed by atoms with Crippen molar-refractivity contribution in [3.63, 3.8) is 0 Å². The van der Waals surface area contributed by atoms with E-state index in [1.54, 1.807) is 18.2 Å². The molecule has 142 valence electrons. The number of rotatable bonds is 4. The molecule has 1 heterocycles. The average Bonchev–Trinajstić information content (AvgIpc) is 2.66. The van der Waals surface area contributed by atoms with E-state index in [-0.39, 0.29) is 17.4 Å². The zero-order valence-electron chi connectivity index (χ0n) is 14.8. The van der Waals surface area contributed by atoms with Gasteiger partial charge >= 0.3 is 0 Å². The number of halogens is 3. The number of carbonyl (C=O) groups is 2. The van der Waals surface area contributed by atoms with Gasteiger partial charge in [-0.2, -0.15) is 0 Å². The minimum Gasteiger partial charge on any atom is -0.322 e. The molecule has 27 heavy (non-hydrogen) atoms. The van der Waals surface area contributed by atoms with E-state index in [0.717, 1.165) is 32.0 Å². The third-order valence-electron chi connectivity index (χ3n) is 4.77. The van der Waals surface area contributed by atoms with Crippen molar-refractivity contribution in [2.24, 2.45) is 5.92 Å². The molecule has 0 radical (unpaired) electrons. The SMILES string of the molecule is CN1CCC(C(=O)c2cccc(NC(=O)c3ccc(F)c(F)c3F)c2)CC1. The van der Waals surface area contributed by atoms with E-state index in [1.807, 2.05) is 7.05 Å². The molecule has 0 atom stereocenters. The van der Waals surface area contributed by atoms with Crippen LogP contribution in [0.15, 0.2) is 36.4 Å². The van der Waals surface area contributed by atoms with Crippen LogP contribution in [0.3, 0.4) is 0 Å². The van der Waals surface area contributed by atoms with Crippen LogP contribution >= 0.6 is 0 Å². The lowest BCUT2D eigenvalue weighted by Crippen LogP contribution is -2.33. The second-order valence-corrected chi connectivity index (χ2v) is 6.70. The predicted octanol–water partition coefficient (Wildman–Crippen LogP) is 3.88. The maximum absolute atomic E-state index is 13.8. The van der Waals surface area contributed by atoms with E-state index in [9.17, 15) is 22.8 Å². The summed E-state index contributed by atoms with van der Waals surface area (Å²) in [6.45, 7) is 1.70. The fourth-order valence-electron chi connectivity index (χ4n) is 3.16. The molecule has 1 fully saturated rings. The summed E-state index contributed by atoms with van der Waals surface area (Å²) in [6.07, 6.45) is 1.54. The summed E-state index contributed by atoms with van der Waals surface area (Å²) in [5, 5.41) is 2.42. The highest BCUT2D eigenvalue weighted by Crippen LogP contribution is 2.23. The van der Waals surface area contributed by atoms with Crippen molar-refractivity contribution in [1.29, 1.82) is 0 Å². The molecule has 1 aliphatic rings. The Hall–Kier alpha value is -2.67. The van der Waals surface area contributed by atoms with Gasteiger partial charge in [-0.25, -0.2) is 13.2 Å². The lowest BCUT2D eigenvalue weighted by atomic mass is 9.89. The monoisotopic (exact) mass is 376 g/mol. The van der Waals surface area contributed by atoms with Crippen molar-refractivity contribution < 1.29 is 22.8 Å². The number of carbonyl (C=O) groups excluding carboxylic acids is 2. The lowest BCUT2D eigenvalue weighted by Gasteiger charge is -2.28. The van der Waals surface area contributed by atoms with Crippen molar-refractivity contribution in [2.75, 3.05) is 25.5 Å². The van der Waals surface area contributed by atoms with Crippen molar-refractivity contribution in [1.82, 2.24) is 4.90 Å². The number of amides is 1. The lowest BCUT2D eigenvalue weighted by molar-refractivity contribution is 0.0856. The van der Waals surface area contributed by atoms with Crippen LogP contribution in [0.2, 0.25) is 0 Å². The molecule has 1 N–H and O–H groups in total. The van der Waals surface area contributed by atoms with Gasteiger partial charge in [-0.1, -0.05) is 12.1 Å². The van der Waals surface area contributed by atoms with Gasteiger partial charge in [0.15, 0.2) is 23.2 Å². The first-order valence-electron chi connectivity index (χ1n) is 8.64. The van der Waals surface area contributed by atoms with Gasteiger partial charge in [0.1, 0.15) is 0 Å². The molecule has 0 aliphatic carbocycles. The summed E-state index contributed by atoms with van der Waals surface area (Å²) in [6, 6.07) is 7.88. The Morgan fingerprint density at radius 1 is 1.04 bits per heavy atom. The van der Waals surface area contributed by atoms with Crippen molar-refractivity contribution in [3.8, 4) is 0 Å². The first-order chi connectivity index (χ1) is 12.9. The van der Waals surface area contributed by atoms with Crippen LogP contribution in [-0.2, 0) is 0 Å². The zero-order chi connectivity index (χ0) is 19.6. The normalized spacial score (nSPS) is 15.6. The molecular weight excluding hydrogens is 357 g/mol. The van der Waals surface area contributed by atoms with Gasteiger partial charge in [0.25, 0.3) is 5.91 Å². The third-order valence-corrected chi connectivity index (χ3v) is 4.77. The Labute approximate surface area is 155 Å². The van der Waals surface area contributed by atoms with E-state index >= 15 is 0 Å². The number of nitrogens with one attached hydrogen (secondary N) is 1. The van der Waals surface area contributed by atoms with E-state index in [4.69, 9.17) is 0 Å². The van der Waals surface area contributed by atoms with Crippen LogP contribution < -0.4 is 5.32 Å². The first-order valence-corrected chi connectivity index (χ1v) is 8.64. The molecule has 0 saturated carbocycles. The predicted molar refractivity (Wildman–Crippen MR) is 95.3 cm³/mol. The number of ketones is 1. The zero-order valence-corrected chi connectivity index (χ0v) is 14.8. The van der Waals surface area contributed by atoms with Crippen LogP contribution in [0.5, 0.6) is 0 Å². The van der Waals surface area contributed by atoms with Gasteiger partial charge in [-0.05, 0) is 57.2 Å². The molecule has 0 unspecified atom stereocenters. The van der Waals surface area contributed by atoms with Crippen molar-refractivity contribution in [2.45, 2.75) is 12.8 Å². The summed E-state index contributed by atoms with van der Waals surface area (Å²) < 4.78 is 40.1.